The van der Waals surface area contributed by atoms with Crippen LogP contribution in [0.5, 0.6) is 0 Å². The zero-order valence-corrected chi connectivity index (χ0v) is 13.3. The van der Waals surface area contributed by atoms with Crippen molar-refractivity contribution in [2.45, 2.75) is 37.5 Å². The van der Waals surface area contributed by atoms with Gasteiger partial charge in [-0.05, 0) is 37.0 Å². The Kier molecular flexibility index (Phi) is 4.94. The summed E-state index contributed by atoms with van der Waals surface area (Å²) in [5.74, 6) is 0.642. The summed E-state index contributed by atoms with van der Waals surface area (Å²) in [6.45, 7) is 3.30. The van der Waals surface area contributed by atoms with Crippen LogP contribution in [0.4, 0.5) is 5.69 Å². The molecule has 1 aliphatic heterocycles. The Morgan fingerprint density at radius 1 is 1.35 bits per heavy atom. The van der Waals surface area contributed by atoms with Gasteiger partial charge in [-0.25, -0.2) is 8.42 Å². The second-order valence-electron chi connectivity index (χ2n) is 5.32. The summed E-state index contributed by atoms with van der Waals surface area (Å²) >= 11 is 5.89. The molecule has 0 amide bonds. The van der Waals surface area contributed by atoms with Crippen LogP contribution in [0.25, 0.3) is 0 Å². The zero-order valence-electron chi connectivity index (χ0n) is 11.7. The van der Waals surface area contributed by atoms with Gasteiger partial charge in [-0.2, -0.15) is 4.31 Å². The van der Waals surface area contributed by atoms with E-state index in [1.807, 2.05) is 0 Å². The zero-order chi connectivity index (χ0) is 14.8. The monoisotopic (exact) mass is 316 g/mol. The molecule has 1 saturated heterocycles. The van der Waals surface area contributed by atoms with Crippen LogP contribution in [-0.2, 0) is 10.0 Å². The predicted octanol–water partition coefficient (Wildman–Crippen LogP) is 3.12. The summed E-state index contributed by atoms with van der Waals surface area (Å²) in [5, 5.41) is 0.388. The van der Waals surface area contributed by atoms with E-state index in [1.54, 1.807) is 12.1 Å². The van der Waals surface area contributed by atoms with Gasteiger partial charge in [0, 0.05) is 18.1 Å². The normalized spacial score (nSPS) is 18.3. The van der Waals surface area contributed by atoms with E-state index >= 15 is 0 Å². The number of nitrogens with two attached hydrogens (primary N) is 1. The van der Waals surface area contributed by atoms with Crippen molar-refractivity contribution in [1.29, 1.82) is 0 Å². The minimum atomic E-state index is -3.53. The van der Waals surface area contributed by atoms with E-state index in [-0.39, 0.29) is 10.6 Å². The lowest BCUT2D eigenvalue weighted by Gasteiger charge is -2.31. The van der Waals surface area contributed by atoms with Crippen molar-refractivity contribution in [1.82, 2.24) is 4.31 Å². The van der Waals surface area contributed by atoms with Gasteiger partial charge in [0.2, 0.25) is 10.0 Å². The van der Waals surface area contributed by atoms with Crippen LogP contribution < -0.4 is 5.73 Å². The van der Waals surface area contributed by atoms with E-state index in [2.05, 4.69) is 6.92 Å². The molecule has 0 unspecified atom stereocenters. The Hall–Kier alpha value is -0.780. The average molecular weight is 317 g/mol. The van der Waals surface area contributed by atoms with Crippen LogP contribution in [0.2, 0.25) is 5.02 Å². The molecule has 2 rings (SSSR count). The Balaban J connectivity index is 2.18. The first kappa shape index (κ1) is 15.6. The number of benzene rings is 1. The number of hydrogen-bond donors (Lipinski definition) is 1. The highest BCUT2D eigenvalue weighted by Crippen LogP contribution is 2.30. The molecular formula is C14H21ClN2O2S. The second-order valence-corrected chi connectivity index (χ2v) is 7.66. The number of sulfonamides is 1. The summed E-state index contributed by atoms with van der Waals surface area (Å²) in [7, 11) is -3.53. The highest BCUT2D eigenvalue weighted by Gasteiger charge is 2.30. The first-order valence-corrected chi connectivity index (χ1v) is 8.82. The summed E-state index contributed by atoms with van der Waals surface area (Å²) in [6, 6.07) is 4.58. The number of nitrogen functional groups attached to an aromatic ring is 1. The lowest BCUT2D eigenvalue weighted by molar-refractivity contribution is 0.262. The van der Waals surface area contributed by atoms with Gasteiger partial charge < -0.3 is 5.73 Å². The Labute approximate surface area is 126 Å². The van der Waals surface area contributed by atoms with E-state index in [0.29, 0.717) is 24.0 Å². The number of anilines is 1. The van der Waals surface area contributed by atoms with Gasteiger partial charge in [0.15, 0.2) is 0 Å². The molecule has 4 nitrogen and oxygen atoms in total. The van der Waals surface area contributed by atoms with E-state index in [0.717, 1.165) is 19.3 Å². The maximum Gasteiger partial charge on any atom is 0.245 e. The van der Waals surface area contributed by atoms with E-state index < -0.39 is 10.0 Å². The molecular weight excluding hydrogens is 296 g/mol. The van der Waals surface area contributed by atoms with Crippen LogP contribution in [0, 0.1) is 5.92 Å². The lowest BCUT2D eigenvalue weighted by Crippen LogP contribution is -2.38. The Morgan fingerprint density at radius 2 is 2.00 bits per heavy atom. The number of hydrogen-bond acceptors (Lipinski definition) is 3. The molecule has 0 aliphatic carbocycles. The Bertz CT molecular complexity index is 567. The quantitative estimate of drug-likeness (QED) is 0.868. The van der Waals surface area contributed by atoms with Crippen molar-refractivity contribution in [2.24, 2.45) is 5.92 Å². The highest BCUT2D eigenvalue weighted by atomic mass is 35.5. The predicted molar refractivity (Wildman–Crippen MR) is 82.3 cm³/mol. The maximum atomic E-state index is 12.6. The van der Waals surface area contributed by atoms with Gasteiger partial charge in [-0.3, -0.25) is 0 Å². The third-order valence-electron chi connectivity index (χ3n) is 3.86. The van der Waals surface area contributed by atoms with Crippen molar-refractivity contribution in [3.63, 3.8) is 0 Å². The first-order valence-electron chi connectivity index (χ1n) is 7.00. The lowest BCUT2D eigenvalue weighted by atomic mass is 9.94. The molecule has 1 heterocycles. The fourth-order valence-corrected chi connectivity index (χ4v) is 4.57. The molecule has 1 aromatic rings. The van der Waals surface area contributed by atoms with Crippen molar-refractivity contribution in [3.05, 3.63) is 23.2 Å². The largest absolute Gasteiger partial charge is 0.398 e. The van der Waals surface area contributed by atoms with E-state index in [1.165, 1.54) is 16.8 Å². The third kappa shape index (κ3) is 3.27. The molecule has 20 heavy (non-hydrogen) atoms. The first-order chi connectivity index (χ1) is 9.45. The number of rotatable bonds is 4. The summed E-state index contributed by atoms with van der Waals surface area (Å²) < 4.78 is 26.8. The molecule has 112 valence electrons. The van der Waals surface area contributed by atoms with Crippen molar-refractivity contribution in [3.8, 4) is 0 Å². The molecule has 1 aliphatic rings. The highest BCUT2D eigenvalue weighted by molar-refractivity contribution is 7.89. The summed E-state index contributed by atoms with van der Waals surface area (Å²) in [5.41, 5.74) is 6.05. The fraction of sp³-hybridized carbons (Fsp3) is 0.571. The van der Waals surface area contributed by atoms with E-state index in [4.69, 9.17) is 17.3 Å². The number of nitrogens with zero attached hydrogens (tertiary/aromatic N) is 1. The van der Waals surface area contributed by atoms with Gasteiger partial charge in [0.1, 0.15) is 4.90 Å². The average Bonchev–Trinajstić information content (AvgIpc) is 2.42. The van der Waals surface area contributed by atoms with Gasteiger partial charge >= 0.3 is 0 Å². The second kappa shape index (κ2) is 6.33. The Morgan fingerprint density at radius 3 is 2.60 bits per heavy atom. The molecule has 6 heteroatoms. The molecule has 0 saturated carbocycles. The summed E-state index contributed by atoms with van der Waals surface area (Å²) in [4.78, 5) is 0.124. The minimum Gasteiger partial charge on any atom is -0.398 e. The van der Waals surface area contributed by atoms with Crippen LogP contribution in [0.3, 0.4) is 0 Å². The molecule has 0 radical (unpaired) electrons. The SMILES string of the molecule is CCCC1CCN(S(=O)(=O)c2cc(Cl)ccc2N)CC1. The van der Waals surface area contributed by atoms with Crippen molar-refractivity contribution in [2.75, 3.05) is 18.8 Å². The van der Waals surface area contributed by atoms with Gasteiger partial charge in [0.05, 0.1) is 5.69 Å². The molecule has 0 atom stereocenters. The maximum absolute atomic E-state index is 12.6. The van der Waals surface area contributed by atoms with Crippen molar-refractivity contribution < 1.29 is 8.42 Å². The smallest absolute Gasteiger partial charge is 0.245 e. The standard InChI is InChI=1S/C14H21ClN2O2S/c1-2-3-11-6-8-17(9-7-11)20(18,19)14-10-12(15)4-5-13(14)16/h4-5,10-11H,2-3,6-9,16H2,1H3. The van der Waals surface area contributed by atoms with Crippen LogP contribution in [-0.4, -0.2) is 25.8 Å². The van der Waals surface area contributed by atoms with Gasteiger partial charge in [0.25, 0.3) is 0 Å². The van der Waals surface area contributed by atoms with Gasteiger partial charge in [-0.15, -0.1) is 0 Å². The van der Waals surface area contributed by atoms with Crippen LogP contribution >= 0.6 is 11.6 Å². The minimum absolute atomic E-state index is 0.124. The number of halogens is 1. The van der Waals surface area contributed by atoms with E-state index in [9.17, 15) is 8.42 Å². The molecule has 0 bridgehead atoms. The molecule has 2 N–H and O–H groups in total. The number of piperidine rings is 1. The van der Waals surface area contributed by atoms with Crippen LogP contribution in [0.15, 0.2) is 23.1 Å². The molecule has 0 spiro atoms. The molecule has 0 aromatic heterocycles. The van der Waals surface area contributed by atoms with Crippen LogP contribution in [0.1, 0.15) is 32.6 Å². The third-order valence-corrected chi connectivity index (χ3v) is 6.05. The van der Waals surface area contributed by atoms with Crippen molar-refractivity contribution >= 4 is 27.3 Å². The van der Waals surface area contributed by atoms with Gasteiger partial charge in [-0.1, -0.05) is 31.4 Å². The molecule has 1 fully saturated rings. The molecule has 1 aromatic carbocycles. The summed E-state index contributed by atoms with van der Waals surface area (Å²) in [6.07, 6.45) is 4.17. The topological polar surface area (TPSA) is 63.4 Å². The fourth-order valence-electron chi connectivity index (χ4n) is 2.72.